The smallest absolute Gasteiger partial charge is 0.326 e. The minimum Gasteiger partial charge on any atom is -0.326 e. The molecule has 14 heteroatoms. The highest BCUT2D eigenvalue weighted by Gasteiger charge is 2.67. The maximum Gasteiger partial charge on any atom is 0.471 e. The molecule has 212 valence electrons. The summed E-state index contributed by atoms with van der Waals surface area (Å²) in [5.74, 6) is -5.58. The van der Waals surface area contributed by atoms with Crippen LogP contribution in [0.5, 0.6) is 0 Å². The van der Waals surface area contributed by atoms with Gasteiger partial charge in [0.1, 0.15) is 16.2 Å². The molecule has 1 fully saturated rings. The molecule has 2 atom stereocenters. The molecule has 1 aliphatic rings. The van der Waals surface area contributed by atoms with E-state index in [4.69, 9.17) is 46.4 Å². The molecular formula is C27H15Cl4F4N3O3. The first-order valence-corrected chi connectivity index (χ1v) is 13.0. The number of alkyl halides is 5. The van der Waals surface area contributed by atoms with Crippen LogP contribution in [-0.2, 0) is 16.0 Å². The van der Waals surface area contributed by atoms with E-state index in [-0.39, 0.29) is 44.5 Å². The van der Waals surface area contributed by atoms with Gasteiger partial charge in [0.15, 0.2) is 5.78 Å². The summed E-state index contributed by atoms with van der Waals surface area (Å²) in [5.41, 5.74) is 0.275. The van der Waals surface area contributed by atoms with Crippen molar-refractivity contribution >= 4 is 75.4 Å². The second-order valence-corrected chi connectivity index (χ2v) is 11.3. The van der Waals surface area contributed by atoms with Crippen LogP contribution in [0.3, 0.4) is 0 Å². The summed E-state index contributed by atoms with van der Waals surface area (Å²) in [6.07, 6.45) is -5.45. The zero-order chi connectivity index (χ0) is 30.3. The third kappa shape index (κ3) is 6.60. The van der Waals surface area contributed by atoms with Gasteiger partial charge in [0.2, 0.25) is 5.91 Å². The number of anilines is 2. The zero-order valence-electron chi connectivity index (χ0n) is 20.3. The van der Waals surface area contributed by atoms with E-state index in [1.54, 1.807) is 11.4 Å². The predicted molar refractivity (Wildman–Crippen MR) is 146 cm³/mol. The van der Waals surface area contributed by atoms with Gasteiger partial charge < -0.3 is 10.6 Å². The molecule has 0 heterocycles. The SMILES string of the molecule is N#Cc1cc(CC(=O)c2cc(NC(=O)C3C(c4ccc(F)c(Cl)c4)C3(Cl)Cl)ccc2Cl)ccc1NC(=O)C(F)(F)F. The highest BCUT2D eigenvalue weighted by atomic mass is 35.5. The molecule has 2 amide bonds. The van der Waals surface area contributed by atoms with Crippen molar-refractivity contribution < 1.29 is 31.9 Å². The molecule has 0 aromatic heterocycles. The Morgan fingerprint density at radius 3 is 2.29 bits per heavy atom. The Morgan fingerprint density at radius 1 is 0.951 bits per heavy atom. The third-order valence-electron chi connectivity index (χ3n) is 6.25. The molecule has 2 N–H and O–H groups in total. The number of Topliss-reactive ketones (excluding diaryl/α,β-unsaturated/α-hetero) is 1. The minimum atomic E-state index is -5.15. The quantitative estimate of drug-likeness (QED) is 0.158. The largest absolute Gasteiger partial charge is 0.471 e. The van der Waals surface area contributed by atoms with Crippen LogP contribution in [0.15, 0.2) is 54.6 Å². The number of halogens is 8. The van der Waals surface area contributed by atoms with Crippen LogP contribution >= 0.6 is 46.4 Å². The normalized spacial score (nSPS) is 17.3. The van der Waals surface area contributed by atoms with Crippen LogP contribution in [0.1, 0.15) is 33.0 Å². The molecule has 6 nitrogen and oxygen atoms in total. The second kappa shape index (κ2) is 11.5. The number of benzene rings is 3. The molecule has 0 spiro atoms. The number of amides is 2. The second-order valence-electron chi connectivity index (χ2n) is 9.03. The van der Waals surface area contributed by atoms with E-state index in [1.807, 2.05) is 0 Å². The van der Waals surface area contributed by atoms with Crippen molar-refractivity contribution in [3.63, 3.8) is 0 Å². The fourth-order valence-corrected chi connectivity index (χ4v) is 5.43. The highest BCUT2D eigenvalue weighted by Crippen LogP contribution is 2.65. The topological polar surface area (TPSA) is 99.1 Å². The van der Waals surface area contributed by atoms with E-state index in [0.717, 1.165) is 12.1 Å². The van der Waals surface area contributed by atoms with Gasteiger partial charge >= 0.3 is 12.1 Å². The number of nitriles is 1. The van der Waals surface area contributed by atoms with Crippen LogP contribution in [0.4, 0.5) is 28.9 Å². The van der Waals surface area contributed by atoms with Crippen LogP contribution < -0.4 is 10.6 Å². The molecule has 3 aromatic rings. The summed E-state index contributed by atoms with van der Waals surface area (Å²) in [7, 11) is 0. The number of carbonyl (C=O) groups excluding carboxylic acids is 3. The van der Waals surface area contributed by atoms with Gasteiger partial charge in [0, 0.05) is 23.6 Å². The summed E-state index contributed by atoms with van der Waals surface area (Å²) >= 11 is 24.7. The van der Waals surface area contributed by atoms with Crippen molar-refractivity contribution in [3.05, 3.63) is 92.7 Å². The van der Waals surface area contributed by atoms with Gasteiger partial charge in [-0.05, 0) is 53.6 Å². The molecule has 0 saturated heterocycles. The lowest BCUT2D eigenvalue weighted by atomic mass is 10.00. The van der Waals surface area contributed by atoms with Crippen molar-refractivity contribution in [1.29, 1.82) is 5.26 Å². The average Bonchev–Trinajstić information content (AvgIpc) is 3.48. The lowest BCUT2D eigenvalue weighted by Gasteiger charge is -2.11. The third-order valence-corrected chi connectivity index (χ3v) is 7.81. The Balaban J connectivity index is 1.48. The van der Waals surface area contributed by atoms with E-state index in [2.05, 4.69) is 5.32 Å². The Labute approximate surface area is 250 Å². The van der Waals surface area contributed by atoms with Crippen molar-refractivity contribution in [3.8, 4) is 6.07 Å². The first kappa shape index (κ1) is 30.6. The van der Waals surface area contributed by atoms with E-state index < -0.39 is 45.8 Å². The van der Waals surface area contributed by atoms with E-state index >= 15 is 0 Å². The maximum atomic E-state index is 13.5. The first-order chi connectivity index (χ1) is 19.1. The average molecular weight is 647 g/mol. The van der Waals surface area contributed by atoms with Gasteiger partial charge in [0.05, 0.1) is 27.2 Å². The van der Waals surface area contributed by atoms with E-state index in [9.17, 15) is 37.2 Å². The Kier molecular flexibility index (Phi) is 8.58. The van der Waals surface area contributed by atoms with Gasteiger partial charge in [-0.3, -0.25) is 14.4 Å². The molecule has 2 unspecified atom stereocenters. The van der Waals surface area contributed by atoms with Crippen LogP contribution in [0, 0.1) is 23.1 Å². The molecule has 0 aliphatic heterocycles. The van der Waals surface area contributed by atoms with E-state index in [1.165, 1.54) is 42.5 Å². The Hall–Kier alpha value is -3.36. The lowest BCUT2D eigenvalue weighted by Crippen LogP contribution is -2.30. The molecule has 0 radical (unpaired) electrons. The monoisotopic (exact) mass is 645 g/mol. The number of ketones is 1. The number of nitrogens with one attached hydrogen (secondary N) is 2. The van der Waals surface area contributed by atoms with Gasteiger partial charge in [-0.25, -0.2) is 4.39 Å². The molecule has 1 saturated carbocycles. The van der Waals surface area contributed by atoms with Gasteiger partial charge in [-0.1, -0.05) is 35.3 Å². The van der Waals surface area contributed by atoms with Crippen LogP contribution in [0.25, 0.3) is 0 Å². The predicted octanol–water partition coefficient (Wildman–Crippen LogP) is 7.46. The zero-order valence-corrected chi connectivity index (χ0v) is 23.3. The summed E-state index contributed by atoms with van der Waals surface area (Å²) in [5, 5.41) is 13.4. The molecular weight excluding hydrogens is 632 g/mol. The van der Waals surface area contributed by atoms with Crippen LogP contribution in [-0.4, -0.2) is 28.1 Å². The maximum absolute atomic E-state index is 13.5. The number of nitrogens with zero attached hydrogens (tertiary/aromatic N) is 1. The summed E-state index contributed by atoms with van der Waals surface area (Å²) < 4.78 is 49.7. The molecule has 1 aliphatic carbocycles. The Bertz CT molecular complexity index is 1620. The molecule has 3 aromatic carbocycles. The molecule has 41 heavy (non-hydrogen) atoms. The summed E-state index contributed by atoms with van der Waals surface area (Å²) in [4.78, 5) is 37.2. The minimum absolute atomic E-state index is 0.0121. The summed E-state index contributed by atoms with van der Waals surface area (Å²) in [6, 6.07) is 13.2. The van der Waals surface area contributed by atoms with Gasteiger partial charge in [0.25, 0.3) is 0 Å². The van der Waals surface area contributed by atoms with Crippen molar-refractivity contribution in [2.75, 3.05) is 10.6 Å². The standard InChI is InChI=1S/C27H15Cl4F4N3O3/c28-17-4-3-15(37-24(40)23-22(26(23,30)31)13-2-5-19(32)18(29)9-13)10-16(17)21(39)8-12-1-6-20(14(7-12)11-36)38-25(41)27(33,34)35/h1-7,9-10,22-23H,8H2,(H,37,40)(H,38,41). The van der Waals surface area contributed by atoms with E-state index in [0.29, 0.717) is 5.56 Å². The van der Waals surface area contributed by atoms with Crippen LogP contribution in [0.2, 0.25) is 10.0 Å². The lowest BCUT2D eigenvalue weighted by molar-refractivity contribution is -0.167. The Morgan fingerprint density at radius 2 is 1.66 bits per heavy atom. The first-order valence-electron chi connectivity index (χ1n) is 11.5. The number of carbonyl (C=O) groups is 3. The van der Waals surface area contributed by atoms with Crippen molar-refractivity contribution in [2.45, 2.75) is 22.8 Å². The number of hydrogen-bond donors (Lipinski definition) is 2. The molecule has 0 bridgehead atoms. The highest BCUT2D eigenvalue weighted by molar-refractivity contribution is 6.53. The number of hydrogen-bond acceptors (Lipinski definition) is 4. The van der Waals surface area contributed by atoms with Crippen molar-refractivity contribution in [1.82, 2.24) is 0 Å². The van der Waals surface area contributed by atoms with Gasteiger partial charge in [-0.2, -0.15) is 18.4 Å². The summed E-state index contributed by atoms with van der Waals surface area (Å²) in [6.45, 7) is 0. The van der Waals surface area contributed by atoms with Crippen molar-refractivity contribution in [2.24, 2.45) is 5.92 Å². The fraction of sp³-hybridized carbons (Fsp3) is 0.185. The fourth-order valence-electron chi connectivity index (χ4n) is 4.19. The number of rotatable bonds is 7. The molecule has 4 rings (SSSR count). The van der Waals surface area contributed by atoms with Gasteiger partial charge in [-0.15, -0.1) is 23.2 Å².